The van der Waals surface area contributed by atoms with Crippen molar-refractivity contribution in [3.05, 3.63) is 29.6 Å². The van der Waals surface area contributed by atoms with E-state index in [0.29, 0.717) is 16.3 Å². The van der Waals surface area contributed by atoms with Crippen LogP contribution < -0.4 is 10.8 Å². The molecule has 1 aromatic heterocycles. The Labute approximate surface area is 63.4 Å². The summed E-state index contributed by atoms with van der Waals surface area (Å²) in [6, 6.07) is 0. The lowest BCUT2D eigenvalue weighted by Crippen LogP contribution is -2.22. The zero-order valence-corrected chi connectivity index (χ0v) is 6.22. The predicted molar refractivity (Wildman–Crippen MR) is 40.6 cm³/mol. The molecule has 0 aliphatic carbocycles. The first-order valence-electron chi connectivity index (χ1n) is 3.07. The molecule has 0 aliphatic rings. The van der Waals surface area contributed by atoms with Gasteiger partial charge in [-0.25, -0.2) is 9.37 Å². The van der Waals surface area contributed by atoms with Gasteiger partial charge in [0.25, 0.3) is 0 Å². The molecule has 11 heavy (non-hydrogen) atoms. The first-order valence-corrected chi connectivity index (χ1v) is 3.07. The van der Waals surface area contributed by atoms with E-state index >= 15 is 0 Å². The molecule has 0 spiro atoms. The lowest BCUT2D eigenvalue weighted by atomic mass is 10.3. The fraction of sp³-hybridized carbons (Fsp3) is 0.125. The summed E-state index contributed by atoms with van der Waals surface area (Å²) in [5.74, 6) is -0.510. The van der Waals surface area contributed by atoms with Crippen LogP contribution in [0.25, 0.3) is 12.2 Å². The van der Waals surface area contributed by atoms with E-state index < -0.39 is 5.83 Å². The van der Waals surface area contributed by atoms with Crippen molar-refractivity contribution in [1.29, 1.82) is 0 Å². The Bertz CT molecular complexity index is 377. The van der Waals surface area contributed by atoms with Crippen LogP contribution in [-0.2, 0) is 0 Å². The van der Waals surface area contributed by atoms with Crippen LogP contribution in [0.2, 0.25) is 0 Å². The predicted octanol–water partition coefficient (Wildman–Crippen LogP) is 0.739. The second-order valence-electron chi connectivity index (χ2n) is 2.15. The van der Waals surface area contributed by atoms with Crippen molar-refractivity contribution in [3.63, 3.8) is 0 Å². The molecule has 0 unspecified atom stereocenters. The number of allylic oxidation sites excluding steroid dienone is 1. The van der Waals surface area contributed by atoms with Crippen molar-refractivity contribution in [3.8, 4) is 0 Å². The minimum Gasteiger partial charge on any atom is -0.444 e. The Morgan fingerprint density at radius 2 is 2.36 bits per heavy atom. The summed E-state index contributed by atoms with van der Waals surface area (Å²) >= 11 is 0. The fourth-order valence-corrected chi connectivity index (χ4v) is 0.705. The Morgan fingerprint density at radius 3 is 2.73 bits per heavy atom. The molecule has 1 aromatic rings. The fourth-order valence-electron chi connectivity index (χ4n) is 0.705. The van der Waals surface area contributed by atoms with Gasteiger partial charge in [-0.3, -0.25) is 0 Å². The quantitative estimate of drug-likeness (QED) is 0.594. The zero-order chi connectivity index (χ0) is 8.43. The number of aromatic nitrogens is 1. The van der Waals surface area contributed by atoms with Gasteiger partial charge in [-0.2, -0.15) is 0 Å². The van der Waals surface area contributed by atoms with E-state index in [4.69, 9.17) is 4.42 Å². The van der Waals surface area contributed by atoms with Crippen LogP contribution in [0, 0.1) is 0 Å². The molecule has 0 aromatic carbocycles. The maximum Gasteiger partial charge on any atom is 0.181 e. The summed E-state index contributed by atoms with van der Waals surface area (Å²) in [5, 5.41) is 0.428. The second kappa shape index (κ2) is 2.70. The van der Waals surface area contributed by atoms with E-state index in [9.17, 15) is 4.39 Å². The molecule has 0 N–H and O–H groups in total. The van der Waals surface area contributed by atoms with Crippen molar-refractivity contribution >= 4 is 12.2 Å². The van der Waals surface area contributed by atoms with Gasteiger partial charge in [0.15, 0.2) is 6.39 Å². The normalized spacial score (nSPS) is 12.9. The van der Waals surface area contributed by atoms with Gasteiger partial charge >= 0.3 is 0 Å². The van der Waals surface area contributed by atoms with E-state index in [-0.39, 0.29) is 0 Å². The van der Waals surface area contributed by atoms with Crippen molar-refractivity contribution in [2.45, 2.75) is 6.92 Å². The first kappa shape index (κ1) is 7.72. The smallest absolute Gasteiger partial charge is 0.181 e. The third kappa shape index (κ3) is 1.37. The molecule has 0 amide bonds. The van der Waals surface area contributed by atoms with Gasteiger partial charge < -0.3 is 4.42 Å². The van der Waals surface area contributed by atoms with Crippen LogP contribution in [0.1, 0.15) is 6.92 Å². The molecule has 1 heterocycles. The molecule has 0 atom stereocenters. The monoisotopic (exact) mass is 153 g/mol. The number of oxazole rings is 1. The Kier molecular flexibility index (Phi) is 1.89. The van der Waals surface area contributed by atoms with Crippen LogP contribution in [0.4, 0.5) is 4.39 Å². The highest BCUT2D eigenvalue weighted by Crippen LogP contribution is 2.04. The van der Waals surface area contributed by atoms with E-state index in [1.54, 1.807) is 6.92 Å². The number of rotatable bonds is 1. The third-order valence-corrected chi connectivity index (χ3v) is 1.40. The number of hydrogen-bond acceptors (Lipinski definition) is 2. The molecule has 0 aliphatic heterocycles. The van der Waals surface area contributed by atoms with Gasteiger partial charge in [0.2, 0.25) is 0 Å². The van der Waals surface area contributed by atoms with E-state index in [1.165, 1.54) is 6.39 Å². The summed E-state index contributed by atoms with van der Waals surface area (Å²) in [7, 11) is 0. The van der Waals surface area contributed by atoms with Crippen molar-refractivity contribution in [2.24, 2.45) is 0 Å². The Hall–Kier alpha value is -1.38. The molecule has 3 heteroatoms. The maximum absolute atomic E-state index is 12.5. The van der Waals surface area contributed by atoms with Crippen LogP contribution in [0.3, 0.4) is 0 Å². The summed E-state index contributed by atoms with van der Waals surface area (Å²) in [5.41, 5.74) is 0.727. The van der Waals surface area contributed by atoms with Crippen LogP contribution in [0.15, 0.2) is 23.2 Å². The number of hydrogen-bond donors (Lipinski definition) is 0. The number of halogens is 1. The number of nitrogens with zero attached hydrogens (tertiary/aromatic N) is 1. The van der Waals surface area contributed by atoms with Gasteiger partial charge in [0, 0.05) is 5.57 Å². The van der Waals surface area contributed by atoms with Crippen molar-refractivity contribution < 1.29 is 8.81 Å². The SMILES string of the molecule is C=C(F)/C(C)=c1/ncoc1=C. The minimum atomic E-state index is -0.510. The lowest BCUT2D eigenvalue weighted by molar-refractivity contribution is 0.526. The Morgan fingerprint density at radius 1 is 1.73 bits per heavy atom. The highest BCUT2D eigenvalue weighted by Gasteiger charge is 1.98. The molecule has 0 fully saturated rings. The molecule has 58 valence electrons. The molecule has 0 saturated carbocycles. The van der Waals surface area contributed by atoms with E-state index in [1.807, 2.05) is 0 Å². The summed E-state index contributed by atoms with van der Waals surface area (Å²) in [6.45, 7) is 8.24. The average Bonchev–Trinajstić information content (AvgIpc) is 2.33. The molecule has 0 saturated heterocycles. The molecule has 1 rings (SSSR count). The zero-order valence-electron chi connectivity index (χ0n) is 6.22. The highest BCUT2D eigenvalue weighted by atomic mass is 19.1. The lowest BCUT2D eigenvalue weighted by Gasteiger charge is -1.88. The molecule has 2 nitrogen and oxygen atoms in total. The van der Waals surface area contributed by atoms with Gasteiger partial charge in [-0.05, 0) is 6.92 Å². The van der Waals surface area contributed by atoms with Crippen molar-refractivity contribution in [1.82, 2.24) is 4.98 Å². The van der Waals surface area contributed by atoms with Gasteiger partial charge in [0.05, 0.1) is 0 Å². The third-order valence-electron chi connectivity index (χ3n) is 1.40. The van der Waals surface area contributed by atoms with Gasteiger partial charge in [0.1, 0.15) is 16.6 Å². The molecular formula is C8H8FNO. The molecule has 0 radical (unpaired) electrons. The van der Waals surface area contributed by atoms with Crippen molar-refractivity contribution in [2.75, 3.05) is 0 Å². The average molecular weight is 153 g/mol. The van der Waals surface area contributed by atoms with Crippen LogP contribution in [0.5, 0.6) is 0 Å². The summed E-state index contributed by atoms with van der Waals surface area (Å²) in [6.07, 6.45) is 1.23. The molecular weight excluding hydrogens is 145 g/mol. The Balaban J connectivity index is 3.50. The topological polar surface area (TPSA) is 26.0 Å². The van der Waals surface area contributed by atoms with E-state index in [2.05, 4.69) is 18.1 Å². The summed E-state index contributed by atoms with van der Waals surface area (Å²) in [4.78, 5) is 3.77. The van der Waals surface area contributed by atoms with Gasteiger partial charge in [-0.1, -0.05) is 13.2 Å². The first-order chi connectivity index (χ1) is 5.13. The largest absolute Gasteiger partial charge is 0.444 e. The minimum absolute atomic E-state index is 0.362. The summed E-state index contributed by atoms with van der Waals surface area (Å²) < 4.78 is 17.3. The molecule has 0 bridgehead atoms. The second-order valence-corrected chi connectivity index (χ2v) is 2.15. The van der Waals surface area contributed by atoms with Gasteiger partial charge in [-0.15, -0.1) is 0 Å². The van der Waals surface area contributed by atoms with Crippen LogP contribution >= 0.6 is 0 Å². The maximum atomic E-state index is 12.5. The standard InChI is InChI=1S/C8H8FNO/c1-5(6(2)9)8-7(3)11-4-10-8/h4H,2-3H2,1H3/b8-5+. The van der Waals surface area contributed by atoms with E-state index in [0.717, 1.165) is 0 Å². The van der Waals surface area contributed by atoms with Crippen LogP contribution in [-0.4, -0.2) is 4.98 Å². The highest BCUT2D eigenvalue weighted by molar-refractivity contribution is 5.55.